The normalized spacial score (nSPS) is 14.0. The molecule has 2 heterocycles. The largest absolute Gasteiger partial charge is 0.346 e. The third-order valence-electron chi connectivity index (χ3n) is 5.95. The quantitative estimate of drug-likeness (QED) is 0.462. The third kappa shape index (κ3) is 4.06. The Bertz CT molecular complexity index is 1430. The van der Waals surface area contributed by atoms with Gasteiger partial charge in [-0.05, 0) is 60.9 Å². The maximum atomic E-state index is 13.3. The summed E-state index contributed by atoms with van der Waals surface area (Å²) in [6, 6.07) is 21.0. The lowest BCUT2D eigenvalue weighted by atomic mass is 10.1. The zero-order valence-electron chi connectivity index (χ0n) is 18.5. The number of carbonyl (C=O) groups is 1. The molecule has 1 N–H and O–H groups in total. The molecule has 0 spiro atoms. The Labute approximate surface area is 197 Å². The number of benzene rings is 3. The van der Waals surface area contributed by atoms with Crippen molar-refractivity contribution in [1.29, 1.82) is 0 Å². The number of carbonyl (C=O) groups excluding carboxylic acids is 1. The summed E-state index contributed by atoms with van der Waals surface area (Å²) < 4.78 is 29.7. The summed E-state index contributed by atoms with van der Waals surface area (Å²) in [5.74, 6) is -0.341. The Morgan fingerprint density at radius 3 is 2.59 bits per heavy atom. The van der Waals surface area contributed by atoms with Crippen molar-refractivity contribution in [3.8, 4) is 5.69 Å². The van der Waals surface area contributed by atoms with E-state index in [9.17, 15) is 13.2 Å². The van der Waals surface area contributed by atoms with E-state index < -0.39 is 10.0 Å². The van der Waals surface area contributed by atoms with Gasteiger partial charge in [-0.2, -0.15) is 5.10 Å². The number of nitrogens with zero attached hydrogens (tertiary/aromatic N) is 4. The van der Waals surface area contributed by atoms with Gasteiger partial charge in [-0.15, -0.1) is 0 Å². The summed E-state index contributed by atoms with van der Waals surface area (Å²) >= 11 is 0. The molecule has 1 aliphatic heterocycles. The van der Waals surface area contributed by atoms with Crippen molar-refractivity contribution >= 4 is 21.6 Å². The van der Waals surface area contributed by atoms with Crippen LogP contribution in [0.4, 0.5) is 5.69 Å². The van der Waals surface area contributed by atoms with E-state index in [0.717, 1.165) is 16.8 Å². The number of hydrogen-bond acceptors (Lipinski definition) is 5. The lowest BCUT2D eigenvalue weighted by molar-refractivity contribution is 0.0939. The van der Waals surface area contributed by atoms with Crippen molar-refractivity contribution in [3.05, 3.63) is 102 Å². The second kappa shape index (κ2) is 8.75. The topological polar surface area (TPSA) is 97.2 Å². The smallest absolute Gasteiger partial charge is 0.264 e. The Kier molecular flexibility index (Phi) is 5.62. The summed E-state index contributed by atoms with van der Waals surface area (Å²) in [5.41, 5.74) is 3.76. The first kappa shape index (κ1) is 21.8. The third-order valence-corrected chi connectivity index (χ3v) is 7.76. The molecule has 1 aromatic heterocycles. The number of fused-ring (bicyclic) bond motifs is 1. The van der Waals surface area contributed by atoms with Crippen LogP contribution >= 0.6 is 0 Å². The van der Waals surface area contributed by atoms with Crippen LogP contribution in [0.25, 0.3) is 5.69 Å². The first-order chi connectivity index (χ1) is 16.4. The maximum absolute atomic E-state index is 13.3. The van der Waals surface area contributed by atoms with Crippen LogP contribution in [0.2, 0.25) is 0 Å². The Morgan fingerprint density at radius 2 is 1.82 bits per heavy atom. The van der Waals surface area contributed by atoms with Crippen LogP contribution in [0.15, 0.2) is 90.3 Å². The predicted molar refractivity (Wildman–Crippen MR) is 128 cm³/mol. The van der Waals surface area contributed by atoms with E-state index in [1.54, 1.807) is 23.1 Å². The van der Waals surface area contributed by atoms with Crippen LogP contribution in [-0.2, 0) is 16.4 Å². The van der Waals surface area contributed by atoms with Gasteiger partial charge in [0.25, 0.3) is 15.9 Å². The highest BCUT2D eigenvalue weighted by molar-refractivity contribution is 7.92. The fraction of sp³-hybridized carbons (Fsp3) is 0.160. The molecule has 5 rings (SSSR count). The monoisotopic (exact) mass is 473 g/mol. The number of sulfonamides is 1. The van der Waals surface area contributed by atoms with Crippen LogP contribution in [0.1, 0.15) is 34.5 Å². The molecule has 34 heavy (non-hydrogen) atoms. The van der Waals surface area contributed by atoms with E-state index in [1.807, 2.05) is 55.5 Å². The summed E-state index contributed by atoms with van der Waals surface area (Å²) in [5, 5.41) is 7.05. The molecule has 0 aliphatic carbocycles. The highest BCUT2D eigenvalue weighted by Gasteiger charge is 2.31. The van der Waals surface area contributed by atoms with E-state index in [2.05, 4.69) is 15.4 Å². The summed E-state index contributed by atoms with van der Waals surface area (Å²) in [7, 11) is -3.78. The molecule has 3 aromatic carbocycles. The second-order valence-corrected chi connectivity index (χ2v) is 9.97. The molecular weight excluding hydrogens is 450 g/mol. The molecule has 9 heteroatoms. The molecule has 1 amide bonds. The van der Waals surface area contributed by atoms with Gasteiger partial charge in [0, 0.05) is 12.1 Å². The average molecular weight is 474 g/mol. The Hall–Kier alpha value is -3.98. The first-order valence-electron chi connectivity index (χ1n) is 10.9. The van der Waals surface area contributed by atoms with Crippen LogP contribution in [0.5, 0.6) is 0 Å². The van der Waals surface area contributed by atoms with Gasteiger partial charge in [0.15, 0.2) is 0 Å². The second-order valence-electron chi connectivity index (χ2n) is 8.11. The zero-order valence-corrected chi connectivity index (χ0v) is 19.3. The van der Waals surface area contributed by atoms with Gasteiger partial charge in [0.1, 0.15) is 12.7 Å². The van der Waals surface area contributed by atoms with E-state index >= 15 is 0 Å². The molecule has 172 valence electrons. The van der Waals surface area contributed by atoms with Crippen LogP contribution in [-0.4, -0.2) is 35.6 Å². The molecule has 0 radical (unpaired) electrons. The van der Waals surface area contributed by atoms with Crippen molar-refractivity contribution in [2.45, 2.75) is 24.3 Å². The molecule has 0 bridgehead atoms. The lowest BCUT2D eigenvalue weighted by Crippen LogP contribution is -2.30. The van der Waals surface area contributed by atoms with Crippen molar-refractivity contribution in [2.75, 3.05) is 10.8 Å². The number of para-hydroxylation sites is 1. The minimum atomic E-state index is -3.78. The molecule has 0 saturated carbocycles. The zero-order chi connectivity index (χ0) is 23.7. The molecular formula is C25H23N5O3S. The van der Waals surface area contributed by atoms with Gasteiger partial charge in [0.2, 0.25) is 0 Å². The van der Waals surface area contributed by atoms with Gasteiger partial charge in [-0.25, -0.2) is 18.1 Å². The fourth-order valence-corrected chi connectivity index (χ4v) is 5.65. The molecule has 1 aliphatic rings. The molecule has 0 fully saturated rings. The van der Waals surface area contributed by atoms with E-state index in [4.69, 9.17) is 0 Å². The average Bonchev–Trinajstić information content (AvgIpc) is 3.55. The van der Waals surface area contributed by atoms with Crippen molar-refractivity contribution in [2.24, 2.45) is 0 Å². The maximum Gasteiger partial charge on any atom is 0.264 e. The highest BCUT2D eigenvalue weighted by atomic mass is 32.2. The summed E-state index contributed by atoms with van der Waals surface area (Å²) in [6.45, 7) is 2.27. The fourth-order valence-electron chi connectivity index (χ4n) is 4.10. The van der Waals surface area contributed by atoms with E-state index in [1.165, 1.54) is 22.8 Å². The molecule has 0 saturated heterocycles. The highest BCUT2D eigenvalue weighted by Crippen LogP contribution is 2.32. The van der Waals surface area contributed by atoms with E-state index in [0.29, 0.717) is 24.2 Å². The number of amides is 1. The Balaban J connectivity index is 1.33. The molecule has 1 unspecified atom stereocenters. The van der Waals surface area contributed by atoms with Gasteiger partial charge in [0.05, 0.1) is 22.3 Å². The number of nitrogens with one attached hydrogen (secondary N) is 1. The van der Waals surface area contributed by atoms with Crippen LogP contribution in [0, 0.1) is 0 Å². The Morgan fingerprint density at radius 1 is 1.03 bits per heavy atom. The van der Waals surface area contributed by atoms with Gasteiger partial charge < -0.3 is 5.32 Å². The predicted octanol–water partition coefficient (Wildman–Crippen LogP) is 3.51. The minimum Gasteiger partial charge on any atom is -0.346 e. The summed E-state index contributed by atoms with van der Waals surface area (Å²) in [4.78, 5) is 17.0. The van der Waals surface area contributed by atoms with Crippen molar-refractivity contribution < 1.29 is 13.2 Å². The molecule has 1 atom stereocenters. The number of hydrogen-bond donors (Lipinski definition) is 1. The molecule has 8 nitrogen and oxygen atoms in total. The van der Waals surface area contributed by atoms with Gasteiger partial charge in [-0.3, -0.25) is 9.10 Å². The van der Waals surface area contributed by atoms with Crippen LogP contribution < -0.4 is 9.62 Å². The number of aromatic nitrogens is 3. The summed E-state index contributed by atoms with van der Waals surface area (Å²) in [6.07, 6.45) is 3.75. The van der Waals surface area contributed by atoms with Gasteiger partial charge >= 0.3 is 0 Å². The number of anilines is 1. The first-order valence-corrected chi connectivity index (χ1v) is 12.3. The van der Waals surface area contributed by atoms with Crippen molar-refractivity contribution in [1.82, 2.24) is 20.1 Å². The van der Waals surface area contributed by atoms with Crippen molar-refractivity contribution in [3.63, 3.8) is 0 Å². The van der Waals surface area contributed by atoms with Gasteiger partial charge in [-0.1, -0.05) is 36.4 Å². The number of rotatable bonds is 6. The van der Waals surface area contributed by atoms with E-state index in [-0.39, 0.29) is 16.8 Å². The standard InChI is InChI=1S/C25H23N5O3S/c1-18(19-9-11-22(12-10-19)29-17-26-16-27-29)28-25(31)21-6-4-7-23(15-21)34(32,33)30-14-13-20-5-2-3-8-24(20)30/h2-12,15-18H,13-14H2,1H3,(H,28,31). The van der Waals surface area contributed by atoms with Crippen LogP contribution in [0.3, 0.4) is 0 Å². The lowest BCUT2D eigenvalue weighted by Gasteiger charge is -2.20. The molecule has 4 aromatic rings. The SMILES string of the molecule is CC(NC(=O)c1cccc(S(=O)(=O)N2CCc3ccccc32)c1)c1ccc(-n2cncn2)cc1. The minimum absolute atomic E-state index is 0.0988.